The Labute approximate surface area is 285 Å². The third kappa shape index (κ3) is 6.60. The van der Waals surface area contributed by atoms with Crippen LogP contribution in [0.25, 0.3) is 16.6 Å². The number of ether oxygens (including phenoxy) is 2. The van der Waals surface area contributed by atoms with Crippen LogP contribution in [0.5, 0.6) is 5.75 Å². The van der Waals surface area contributed by atoms with Gasteiger partial charge in [0.05, 0.1) is 35.7 Å². The first-order valence-corrected chi connectivity index (χ1v) is 16.7. The Morgan fingerprint density at radius 2 is 1.67 bits per heavy atom. The number of anilines is 1. The monoisotopic (exact) mass is 679 g/mol. The van der Waals surface area contributed by atoms with E-state index < -0.39 is 41.6 Å². The predicted molar refractivity (Wildman–Crippen MR) is 183 cm³/mol. The van der Waals surface area contributed by atoms with Crippen LogP contribution < -0.4 is 15.1 Å². The Balaban J connectivity index is 1.37. The van der Waals surface area contributed by atoms with Gasteiger partial charge in [-0.2, -0.15) is 0 Å². The molecule has 0 saturated carbocycles. The number of carbonyl (C=O) groups excluding carboxylic acids is 2. The second-order valence-electron chi connectivity index (χ2n) is 14.7. The topological polar surface area (TPSA) is 109 Å². The minimum absolute atomic E-state index is 0.111. The molecule has 0 bridgehead atoms. The minimum atomic E-state index is -1.03. The van der Waals surface area contributed by atoms with Gasteiger partial charge in [0.2, 0.25) is 0 Å². The summed E-state index contributed by atoms with van der Waals surface area (Å²) in [6, 6.07) is 4.59. The van der Waals surface area contributed by atoms with E-state index in [2.05, 4.69) is 9.97 Å². The van der Waals surface area contributed by atoms with Gasteiger partial charge in [0.15, 0.2) is 11.6 Å². The largest absolute Gasteiger partial charge is 0.497 e. The molecule has 2 saturated heterocycles. The van der Waals surface area contributed by atoms with Crippen molar-refractivity contribution < 1.29 is 37.2 Å². The summed E-state index contributed by atoms with van der Waals surface area (Å²) in [6.07, 6.45) is 4.01. The number of fused-ring (bicyclic) bond motifs is 1. The van der Waals surface area contributed by atoms with E-state index in [1.54, 1.807) is 42.7 Å². The second kappa shape index (κ2) is 12.6. The Morgan fingerprint density at radius 3 is 2.31 bits per heavy atom. The van der Waals surface area contributed by atoms with Gasteiger partial charge in [0.1, 0.15) is 22.9 Å². The summed E-state index contributed by atoms with van der Waals surface area (Å²) in [7, 11) is 0.428. The van der Waals surface area contributed by atoms with E-state index in [-0.39, 0.29) is 22.6 Å². The van der Waals surface area contributed by atoms with Crippen molar-refractivity contribution in [3.05, 3.63) is 53.4 Å². The number of rotatable bonds is 5. The van der Waals surface area contributed by atoms with Crippen LogP contribution in [-0.4, -0.2) is 95.5 Å². The first kappa shape index (κ1) is 34.7. The number of methoxy groups -OCH3 is 1. The quantitative estimate of drug-likeness (QED) is 0.353. The zero-order chi connectivity index (χ0) is 35.5. The van der Waals surface area contributed by atoms with Crippen LogP contribution in [0.3, 0.4) is 0 Å². The number of amides is 2. The smallest absolute Gasteiger partial charge is 0.493 e. The van der Waals surface area contributed by atoms with Crippen molar-refractivity contribution in [3.63, 3.8) is 0 Å². The Kier molecular flexibility index (Phi) is 8.93. The summed E-state index contributed by atoms with van der Waals surface area (Å²) in [5, 5.41) is 0.446. The number of allylic oxidation sites excluding steroid dienone is 1. The summed E-state index contributed by atoms with van der Waals surface area (Å²) in [5.74, 6) is -0.595. The summed E-state index contributed by atoms with van der Waals surface area (Å²) in [5.41, 5.74) is -0.575. The van der Waals surface area contributed by atoms with E-state index in [4.69, 9.17) is 18.8 Å². The molecule has 262 valence electrons. The van der Waals surface area contributed by atoms with Crippen LogP contribution in [-0.2, 0) is 14.0 Å². The van der Waals surface area contributed by atoms with Crippen molar-refractivity contribution >= 4 is 47.0 Å². The summed E-state index contributed by atoms with van der Waals surface area (Å²) in [4.78, 5) is 39.8. The molecular weight excluding hydrogens is 635 g/mol. The van der Waals surface area contributed by atoms with Gasteiger partial charge < -0.3 is 33.6 Å². The maximum Gasteiger partial charge on any atom is 0.497 e. The van der Waals surface area contributed by atoms with Crippen molar-refractivity contribution in [2.24, 2.45) is 0 Å². The fourth-order valence-electron chi connectivity index (χ4n) is 6.32. The molecule has 14 heteroatoms. The molecule has 3 aromatic rings. The first-order valence-electron chi connectivity index (χ1n) is 16.7. The van der Waals surface area contributed by atoms with Gasteiger partial charge in [-0.25, -0.2) is 18.6 Å². The van der Waals surface area contributed by atoms with Gasteiger partial charge in [-0.1, -0.05) is 6.08 Å². The number of benzene rings is 1. The van der Waals surface area contributed by atoms with E-state index in [1.807, 2.05) is 38.7 Å². The van der Waals surface area contributed by atoms with Gasteiger partial charge in [-0.3, -0.25) is 9.69 Å². The van der Waals surface area contributed by atoms with Crippen molar-refractivity contribution in [1.29, 1.82) is 0 Å². The highest BCUT2D eigenvalue weighted by Crippen LogP contribution is 2.39. The van der Waals surface area contributed by atoms with E-state index >= 15 is 4.39 Å². The average molecular weight is 680 g/mol. The lowest BCUT2D eigenvalue weighted by atomic mass is 9.76. The maximum atomic E-state index is 16.6. The Hall–Kier alpha value is -4.17. The number of pyridine rings is 1. The van der Waals surface area contributed by atoms with Crippen LogP contribution in [0.2, 0.25) is 0 Å². The molecule has 49 heavy (non-hydrogen) atoms. The van der Waals surface area contributed by atoms with Crippen LogP contribution in [0.1, 0.15) is 77.4 Å². The third-order valence-corrected chi connectivity index (χ3v) is 9.61. The molecule has 5 heterocycles. The fourth-order valence-corrected chi connectivity index (χ4v) is 6.32. The van der Waals surface area contributed by atoms with Crippen LogP contribution in [0, 0.1) is 11.6 Å². The average Bonchev–Trinajstić information content (AvgIpc) is 3.58. The Morgan fingerprint density at radius 1 is 1.00 bits per heavy atom. The summed E-state index contributed by atoms with van der Waals surface area (Å²) >= 11 is 0. The van der Waals surface area contributed by atoms with Crippen molar-refractivity contribution in [1.82, 2.24) is 19.8 Å². The van der Waals surface area contributed by atoms with Crippen molar-refractivity contribution in [2.45, 2.75) is 78.1 Å². The molecule has 1 N–H and O–H groups in total. The van der Waals surface area contributed by atoms with E-state index in [0.29, 0.717) is 67.4 Å². The lowest BCUT2D eigenvalue weighted by molar-refractivity contribution is 0.00578. The molecule has 0 unspecified atom stereocenters. The van der Waals surface area contributed by atoms with E-state index in [0.717, 1.165) is 12.6 Å². The predicted octanol–water partition coefficient (Wildman–Crippen LogP) is 5.48. The normalized spacial score (nSPS) is 19.3. The molecule has 2 aromatic heterocycles. The number of carbonyl (C=O) groups is 2. The lowest BCUT2D eigenvalue weighted by Gasteiger charge is -2.35. The zero-order valence-electron chi connectivity index (χ0n) is 29.4. The highest BCUT2D eigenvalue weighted by atomic mass is 19.1. The van der Waals surface area contributed by atoms with E-state index in [1.165, 1.54) is 13.2 Å². The highest BCUT2D eigenvalue weighted by Gasteiger charge is 2.53. The molecule has 0 aliphatic carbocycles. The first-order chi connectivity index (χ1) is 23.0. The van der Waals surface area contributed by atoms with Crippen molar-refractivity contribution in [3.8, 4) is 5.75 Å². The molecule has 0 radical (unpaired) electrons. The number of nitrogens with zero attached hydrogens (tertiary/aromatic N) is 4. The molecule has 1 aromatic carbocycles. The highest BCUT2D eigenvalue weighted by molar-refractivity contribution is 6.62. The van der Waals surface area contributed by atoms with Crippen molar-refractivity contribution in [2.75, 3.05) is 44.7 Å². The van der Waals surface area contributed by atoms with Gasteiger partial charge in [-0.15, -0.1) is 0 Å². The molecule has 0 spiro atoms. The number of H-pyrrole nitrogens is 1. The molecule has 3 aliphatic rings. The van der Waals surface area contributed by atoms with E-state index in [9.17, 15) is 14.0 Å². The van der Waals surface area contributed by atoms with Crippen LogP contribution in [0.4, 0.5) is 19.4 Å². The Bertz CT molecular complexity index is 1800. The van der Waals surface area contributed by atoms with Gasteiger partial charge in [-0.05, 0) is 73.4 Å². The fraction of sp³-hybridized carbons (Fsp3) is 0.514. The molecule has 2 amide bonds. The standard InChI is InChI=1S/C35H44BF2N5O6/c1-33(2,3)47-32(45)43-12-10-9-11-26(43)22-18-24(36-48-34(4,5)35(6,7)49-36)28(38)29-23(22)19-25(40-29)31(44)42-15-13-41(14-16-42)30-27(46-8)17-21(37)20-39-30/h11,17-20,40H,9-10,12-16H2,1-8H3. The van der Waals surface area contributed by atoms with Gasteiger partial charge in [0, 0.05) is 55.2 Å². The molecule has 11 nitrogen and oxygen atoms in total. The molecule has 0 atom stereocenters. The number of piperazine rings is 1. The summed E-state index contributed by atoms with van der Waals surface area (Å²) in [6.45, 7) is 15.0. The number of aromatic nitrogens is 2. The molecular formula is C35H44BF2N5O6. The van der Waals surface area contributed by atoms with Gasteiger partial charge in [0.25, 0.3) is 5.91 Å². The number of halogens is 2. The maximum absolute atomic E-state index is 16.6. The molecule has 3 aliphatic heterocycles. The summed E-state index contributed by atoms with van der Waals surface area (Å²) < 4.78 is 54.0. The lowest BCUT2D eigenvalue weighted by Crippen LogP contribution is -2.49. The third-order valence-electron chi connectivity index (χ3n) is 9.61. The molecule has 2 fully saturated rings. The minimum Gasteiger partial charge on any atom is -0.493 e. The molecule has 6 rings (SSSR count). The van der Waals surface area contributed by atoms with Crippen LogP contribution in [0.15, 0.2) is 30.5 Å². The second-order valence-corrected chi connectivity index (χ2v) is 14.7. The SMILES string of the molecule is COc1cc(F)cnc1N1CCN(C(=O)c2cc3c(C4=CCCCN4C(=O)OC(C)(C)C)cc(B4OC(C)(C)C(C)(C)O4)c(F)c3[nH]2)CC1. The van der Waals surface area contributed by atoms with Gasteiger partial charge >= 0.3 is 13.2 Å². The number of aromatic amines is 1. The number of hydrogen-bond acceptors (Lipinski definition) is 8. The number of nitrogens with one attached hydrogen (secondary N) is 1. The zero-order valence-corrected chi connectivity index (χ0v) is 29.4. The number of hydrogen-bond donors (Lipinski definition) is 1. The van der Waals surface area contributed by atoms with Crippen LogP contribution >= 0.6 is 0 Å².